The van der Waals surface area contributed by atoms with Crippen molar-refractivity contribution in [2.45, 2.75) is 19.2 Å². The highest BCUT2D eigenvalue weighted by molar-refractivity contribution is 14.1. The lowest BCUT2D eigenvalue weighted by Gasteiger charge is -2.17. The lowest BCUT2D eigenvalue weighted by molar-refractivity contribution is -0.275. The number of pyridine rings is 1. The Morgan fingerprint density at radius 1 is 1.17 bits per heavy atom. The third kappa shape index (κ3) is 3.59. The Kier molecular flexibility index (Phi) is 4.28. The summed E-state index contributed by atoms with van der Waals surface area (Å²) in [5.41, 5.74) is -2.82. The van der Waals surface area contributed by atoms with Gasteiger partial charge in [-0.25, -0.2) is 9.37 Å². The second kappa shape index (κ2) is 5.05. The van der Waals surface area contributed by atoms with Crippen molar-refractivity contribution in [1.82, 2.24) is 4.98 Å². The molecule has 0 aliphatic heterocycles. The van der Waals surface area contributed by atoms with Crippen LogP contribution in [0, 0.1) is 3.70 Å². The van der Waals surface area contributed by atoms with Gasteiger partial charge in [-0.2, -0.15) is 13.2 Å². The molecular formula is C8H3F7INO. The largest absolute Gasteiger partial charge is 0.573 e. The summed E-state index contributed by atoms with van der Waals surface area (Å²) in [6, 6.07) is 0. The van der Waals surface area contributed by atoms with Crippen molar-refractivity contribution < 1.29 is 35.5 Å². The fraction of sp³-hybridized carbons (Fsp3) is 0.375. The molecule has 2 nitrogen and oxygen atoms in total. The van der Waals surface area contributed by atoms with Gasteiger partial charge in [0, 0.05) is 11.8 Å². The van der Waals surface area contributed by atoms with Gasteiger partial charge >= 0.3 is 12.5 Å². The average molecular weight is 389 g/mol. The van der Waals surface area contributed by atoms with E-state index in [9.17, 15) is 30.7 Å². The Bertz CT molecular complexity index is 442. The van der Waals surface area contributed by atoms with Crippen molar-refractivity contribution in [2.24, 2.45) is 0 Å². The number of halogens is 8. The molecule has 1 heterocycles. The quantitative estimate of drug-likeness (QED) is 0.432. The average Bonchev–Trinajstić information content (AvgIpc) is 2.17. The number of nitrogens with zero attached hydrogens (tertiary/aromatic N) is 1. The van der Waals surface area contributed by atoms with Crippen molar-refractivity contribution in [3.63, 3.8) is 0 Å². The molecule has 0 unspecified atom stereocenters. The highest BCUT2D eigenvalue weighted by Crippen LogP contribution is 2.39. The van der Waals surface area contributed by atoms with Crippen LogP contribution in [0.4, 0.5) is 30.7 Å². The minimum Gasteiger partial charge on any atom is -0.403 e. The van der Waals surface area contributed by atoms with E-state index in [1.165, 1.54) is 22.6 Å². The maximum Gasteiger partial charge on any atom is 0.573 e. The van der Waals surface area contributed by atoms with Gasteiger partial charge in [0.2, 0.25) is 0 Å². The van der Waals surface area contributed by atoms with Gasteiger partial charge in [-0.15, -0.1) is 13.2 Å². The zero-order chi connectivity index (χ0) is 14.1. The summed E-state index contributed by atoms with van der Waals surface area (Å²) < 4.78 is 88.8. The van der Waals surface area contributed by atoms with E-state index in [1.54, 1.807) is 0 Å². The molecule has 102 valence electrons. The first kappa shape index (κ1) is 15.2. The first-order valence-electron chi connectivity index (χ1n) is 4.12. The monoisotopic (exact) mass is 389 g/mol. The summed E-state index contributed by atoms with van der Waals surface area (Å²) in [6.07, 6.45) is -9.97. The predicted molar refractivity (Wildman–Crippen MR) is 53.5 cm³/mol. The second-order valence-corrected chi connectivity index (χ2v) is 3.97. The Hall–Kier alpha value is -0.810. The van der Waals surface area contributed by atoms with Gasteiger partial charge < -0.3 is 4.74 Å². The summed E-state index contributed by atoms with van der Waals surface area (Å²) in [7, 11) is 0. The predicted octanol–water partition coefficient (Wildman–Crippen LogP) is 4.07. The van der Waals surface area contributed by atoms with Gasteiger partial charge in [-0.1, -0.05) is 0 Å². The fourth-order valence-corrected chi connectivity index (χ4v) is 1.68. The van der Waals surface area contributed by atoms with Gasteiger partial charge in [0.1, 0.15) is 10.4 Å². The summed E-state index contributed by atoms with van der Waals surface area (Å²) in [5, 5.41) is 0. The van der Waals surface area contributed by atoms with Crippen molar-refractivity contribution in [2.75, 3.05) is 0 Å². The lowest BCUT2D eigenvalue weighted by atomic mass is 10.1. The minimum atomic E-state index is -5.23. The molecule has 1 aromatic rings. The highest BCUT2D eigenvalue weighted by atomic mass is 127. The van der Waals surface area contributed by atoms with Crippen LogP contribution in [-0.2, 0) is 12.9 Å². The lowest BCUT2D eigenvalue weighted by Crippen LogP contribution is -2.21. The molecule has 0 aliphatic carbocycles. The molecule has 0 atom stereocenters. The SMILES string of the molecule is FCc1c(C(F)(F)F)cnc(I)c1OC(F)(F)F. The third-order valence-corrected chi connectivity index (χ3v) is 2.52. The van der Waals surface area contributed by atoms with Gasteiger partial charge in [0.25, 0.3) is 0 Å². The van der Waals surface area contributed by atoms with E-state index in [1.807, 2.05) is 0 Å². The Labute approximate surface area is 109 Å². The van der Waals surface area contributed by atoms with Crippen LogP contribution < -0.4 is 4.74 Å². The van der Waals surface area contributed by atoms with Gasteiger partial charge in [0.05, 0.1) is 5.56 Å². The van der Waals surface area contributed by atoms with E-state index in [4.69, 9.17) is 0 Å². The topological polar surface area (TPSA) is 22.1 Å². The number of ether oxygens (including phenoxy) is 1. The molecule has 18 heavy (non-hydrogen) atoms. The first-order valence-corrected chi connectivity index (χ1v) is 5.20. The van der Waals surface area contributed by atoms with Crippen LogP contribution in [0.25, 0.3) is 0 Å². The third-order valence-electron chi connectivity index (χ3n) is 1.75. The maximum atomic E-state index is 12.6. The molecule has 0 aliphatic rings. The van der Waals surface area contributed by atoms with Crippen LogP contribution in [-0.4, -0.2) is 11.3 Å². The van der Waals surface area contributed by atoms with Crippen LogP contribution in [0.5, 0.6) is 5.75 Å². The molecular weight excluding hydrogens is 386 g/mol. The van der Waals surface area contributed by atoms with E-state index in [2.05, 4.69) is 9.72 Å². The van der Waals surface area contributed by atoms with E-state index in [0.29, 0.717) is 0 Å². The van der Waals surface area contributed by atoms with Crippen molar-refractivity contribution in [3.8, 4) is 5.75 Å². The van der Waals surface area contributed by atoms with Crippen LogP contribution in [0.1, 0.15) is 11.1 Å². The molecule has 1 aromatic heterocycles. The first-order chi connectivity index (χ1) is 8.06. The maximum absolute atomic E-state index is 12.6. The number of rotatable bonds is 2. The van der Waals surface area contributed by atoms with Gasteiger partial charge in [0.15, 0.2) is 5.75 Å². The molecule has 0 aromatic carbocycles. The Morgan fingerprint density at radius 2 is 1.72 bits per heavy atom. The summed E-state index contributed by atoms with van der Waals surface area (Å²) in [6.45, 7) is -1.75. The van der Waals surface area contributed by atoms with Gasteiger partial charge in [-0.3, -0.25) is 0 Å². The normalized spacial score (nSPS) is 12.7. The van der Waals surface area contributed by atoms with Crippen LogP contribution in [0.3, 0.4) is 0 Å². The number of hydrogen-bond donors (Lipinski definition) is 0. The summed E-state index contributed by atoms with van der Waals surface area (Å²) in [4.78, 5) is 3.11. The highest BCUT2D eigenvalue weighted by Gasteiger charge is 2.39. The van der Waals surface area contributed by atoms with Crippen LogP contribution in [0.2, 0.25) is 0 Å². The molecule has 1 rings (SSSR count). The number of hydrogen-bond acceptors (Lipinski definition) is 2. The van der Waals surface area contributed by atoms with Gasteiger partial charge in [-0.05, 0) is 22.6 Å². The number of aromatic nitrogens is 1. The molecule has 0 spiro atoms. The molecule has 0 saturated carbocycles. The molecule has 0 amide bonds. The molecule has 0 fully saturated rings. The van der Waals surface area contributed by atoms with Crippen LogP contribution in [0.15, 0.2) is 6.20 Å². The molecule has 0 radical (unpaired) electrons. The standard InChI is InChI=1S/C8H3F7INO/c9-1-3-4(7(10,11)12)2-17-6(16)5(3)18-8(13,14)15/h2H,1H2. The molecule has 0 saturated heterocycles. The van der Waals surface area contributed by atoms with Crippen molar-refractivity contribution >= 4 is 22.6 Å². The van der Waals surface area contributed by atoms with E-state index < -0.39 is 39.8 Å². The van der Waals surface area contributed by atoms with Crippen molar-refractivity contribution in [1.29, 1.82) is 0 Å². The van der Waals surface area contributed by atoms with E-state index >= 15 is 0 Å². The van der Waals surface area contributed by atoms with E-state index in [-0.39, 0.29) is 6.20 Å². The molecule has 0 bridgehead atoms. The summed E-state index contributed by atoms with van der Waals surface area (Å²) in [5.74, 6) is -1.26. The minimum absolute atomic E-state index is 0.264. The zero-order valence-electron chi connectivity index (χ0n) is 8.16. The Balaban J connectivity index is 3.40. The smallest absolute Gasteiger partial charge is 0.403 e. The molecule has 10 heteroatoms. The second-order valence-electron chi connectivity index (χ2n) is 2.95. The Morgan fingerprint density at radius 3 is 2.11 bits per heavy atom. The zero-order valence-corrected chi connectivity index (χ0v) is 10.3. The molecule has 0 N–H and O–H groups in total. The van der Waals surface area contributed by atoms with Crippen molar-refractivity contribution in [3.05, 3.63) is 21.0 Å². The van der Waals surface area contributed by atoms with E-state index in [0.717, 1.165) is 0 Å². The fourth-order valence-electron chi connectivity index (χ4n) is 1.10. The van der Waals surface area contributed by atoms with Crippen LogP contribution >= 0.6 is 22.6 Å². The summed E-state index contributed by atoms with van der Waals surface area (Å²) >= 11 is 1.22. The number of alkyl halides is 7.